The number of rotatable bonds is 6. The molecule has 0 aliphatic rings. The number of hydrogen-bond acceptors (Lipinski definition) is 4. The van der Waals surface area contributed by atoms with Crippen LogP contribution >= 0.6 is 0 Å². The number of amides is 1. The molecule has 8 heteroatoms. The smallest absolute Gasteiger partial charge is 0.238 e. The van der Waals surface area contributed by atoms with Gasteiger partial charge in [0.15, 0.2) is 9.84 Å². The summed E-state index contributed by atoms with van der Waals surface area (Å²) in [6, 6.07) is 4.52. The maximum absolute atomic E-state index is 13.8. The predicted octanol–water partition coefficient (Wildman–Crippen LogP) is 1.12. The molecular weight excluding hydrogens is 321 g/mol. The fourth-order valence-corrected chi connectivity index (χ4v) is 2.44. The van der Waals surface area contributed by atoms with Gasteiger partial charge in [0, 0.05) is 30.8 Å². The molecule has 0 spiro atoms. The largest absolute Gasteiger partial charge is 0.351 e. The molecule has 0 unspecified atom stereocenters. The molecule has 6 nitrogen and oxygen atoms in total. The molecule has 0 bridgehead atoms. The average molecular weight is 339 g/mol. The van der Waals surface area contributed by atoms with E-state index >= 15 is 0 Å². The van der Waals surface area contributed by atoms with Crippen molar-refractivity contribution < 1.29 is 17.6 Å². The van der Waals surface area contributed by atoms with Gasteiger partial charge in [0.05, 0.1) is 12.9 Å². The molecule has 0 fully saturated rings. The molecule has 0 saturated carbocycles. The van der Waals surface area contributed by atoms with Crippen LogP contribution in [-0.2, 0) is 27.7 Å². The van der Waals surface area contributed by atoms with E-state index in [0.717, 1.165) is 6.26 Å². The Morgan fingerprint density at radius 3 is 2.78 bits per heavy atom. The summed E-state index contributed by atoms with van der Waals surface area (Å²) in [5.74, 6) is -0.925. The van der Waals surface area contributed by atoms with Gasteiger partial charge in [-0.05, 0) is 24.6 Å². The summed E-state index contributed by atoms with van der Waals surface area (Å²) >= 11 is 0. The Morgan fingerprint density at radius 1 is 1.43 bits per heavy atom. The van der Waals surface area contributed by atoms with Crippen LogP contribution in [0, 0.1) is 5.82 Å². The first kappa shape index (κ1) is 17.1. The molecule has 1 atom stereocenters. The number of halogens is 1. The lowest BCUT2D eigenvalue weighted by Gasteiger charge is -2.12. The third-order valence-corrected chi connectivity index (χ3v) is 5.00. The van der Waals surface area contributed by atoms with Gasteiger partial charge in [-0.3, -0.25) is 4.79 Å². The average Bonchev–Trinajstić information content (AvgIpc) is 2.99. The van der Waals surface area contributed by atoms with E-state index in [4.69, 9.17) is 0 Å². The summed E-state index contributed by atoms with van der Waals surface area (Å²) in [6.07, 6.45) is 5.93. The molecule has 124 valence electrons. The summed E-state index contributed by atoms with van der Waals surface area (Å²) in [5.41, 5.74) is 1.15. The van der Waals surface area contributed by atoms with Crippen LogP contribution in [0.4, 0.5) is 4.39 Å². The van der Waals surface area contributed by atoms with Crippen LogP contribution in [0.3, 0.4) is 0 Å². The fraction of sp³-hybridized carbons (Fsp3) is 0.333. The molecule has 0 aliphatic carbocycles. The van der Waals surface area contributed by atoms with Gasteiger partial charge < -0.3 is 9.88 Å². The Balaban J connectivity index is 2.05. The van der Waals surface area contributed by atoms with Gasteiger partial charge in [0.2, 0.25) is 5.91 Å². The van der Waals surface area contributed by atoms with Gasteiger partial charge in [0.1, 0.15) is 11.1 Å². The zero-order chi connectivity index (χ0) is 17.0. The zero-order valence-corrected chi connectivity index (χ0v) is 13.7. The van der Waals surface area contributed by atoms with E-state index in [1.165, 1.54) is 13.0 Å². The molecule has 2 aromatic rings. The maximum atomic E-state index is 13.8. The van der Waals surface area contributed by atoms with Crippen molar-refractivity contribution in [2.24, 2.45) is 0 Å². The minimum Gasteiger partial charge on any atom is -0.351 e. The fourth-order valence-electron chi connectivity index (χ4n) is 1.96. The Morgan fingerprint density at radius 2 is 2.17 bits per heavy atom. The highest BCUT2D eigenvalue weighted by molar-refractivity contribution is 7.92. The third kappa shape index (κ3) is 4.62. The molecule has 1 aromatic heterocycles. The van der Waals surface area contributed by atoms with E-state index in [1.807, 2.05) is 0 Å². The van der Waals surface area contributed by atoms with Gasteiger partial charge >= 0.3 is 0 Å². The maximum Gasteiger partial charge on any atom is 0.238 e. The molecule has 1 aromatic carbocycles. The van der Waals surface area contributed by atoms with Crippen LogP contribution in [0.25, 0.3) is 0 Å². The number of hydrogen-bond donors (Lipinski definition) is 1. The second-order valence-corrected chi connectivity index (χ2v) is 7.72. The predicted molar refractivity (Wildman–Crippen MR) is 83.9 cm³/mol. The highest BCUT2D eigenvalue weighted by Crippen LogP contribution is 2.12. The van der Waals surface area contributed by atoms with Crippen molar-refractivity contribution in [3.05, 3.63) is 53.9 Å². The number of aromatic nitrogens is 2. The summed E-state index contributed by atoms with van der Waals surface area (Å²) < 4.78 is 38.3. The Labute approximate surface area is 134 Å². The lowest BCUT2D eigenvalue weighted by Crippen LogP contribution is -2.37. The SMILES string of the molecule is C[C@H](C(=O)NCc1ccc(F)c(Cn2ccnc2)c1)S(C)(=O)=O. The van der Waals surface area contributed by atoms with Crippen molar-refractivity contribution in [2.75, 3.05) is 6.26 Å². The number of sulfone groups is 1. The quantitative estimate of drug-likeness (QED) is 0.855. The van der Waals surface area contributed by atoms with Crippen molar-refractivity contribution in [1.82, 2.24) is 14.9 Å². The van der Waals surface area contributed by atoms with Crippen LogP contribution in [0.2, 0.25) is 0 Å². The van der Waals surface area contributed by atoms with E-state index in [-0.39, 0.29) is 12.4 Å². The van der Waals surface area contributed by atoms with E-state index in [1.54, 1.807) is 35.4 Å². The molecular formula is C15H18FN3O3S. The molecule has 1 N–H and O–H groups in total. The second kappa shape index (κ2) is 6.91. The minimum atomic E-state index is -3.44. The molecule has 0 radical (unpaired) electrons. The molecule has 1 amide bonds. The Hall–Kier alpha value is -2.22. The first-order valence-electron chi connectivity index (χ1n) is 6.97. The van der Waals surface area contributed by atoms with Gasteiger partial charge in [-0.1, -0.05) is 6.07 Å². The number of carbonyl (C=O) groups excluding carboxylic acids is 1. The number of carbonyl (C=O) groups is 1. The summed E-state index contributed by atoms with van der Waals surface area (Å²) in [6.45, 7) is 1.79. The van der Waals surface area contributed by atoms with E-state index in [2.05, 4.69) is 10.3 Å². The van der Waals surface area contributed by atoms with Crippen LogP contribution in [0.15, 0.2) is 36.9 Å². The summed E-state index contributed by atoms with van der Waals surface area (Å²) in [7, 11) is -3.44. The van der Waals surface area contributed by atoms with E-state index in [9.17, 15) is 17.6 Å². The van der Waals surface area contributed by atoms with Crippen molar-refractivity contribution in [3.8, 4) is 0 Å². The topological polar surface area (TPSA) is 81.1 Å². The summed E-state index contributed by atoms with van der Waals surface area (Å²) in [5, 5.41) is 1.43. The Kier molecular flexibility index (Phi) is 5.15. The van der Waals surface area contributed by atoms with Gasteiger partial charge in [-0.2, -0.15) is 0 Å². The zero-order valence-electron chi connectivity index (χ0n) is 12.9. The van der Waals surface area contributed by atoms with Crippen LogP contribution < -0.4 is 5.32 Å². The second-order valence-electron chi connectivity index (χ2n) is 5.35. The van der Waals surface area contributed by atoms with Gasteiger partial charge in [-0.15, -0.1) is 0 Å². The van der Waals surface area contributed by atoms with Crippen molar-refractivity contribution >= 4 is 15.7 Å². The summed E-state index contributed by atoms with van der Waals surface area (Å²) in [4.78, 5) is 15.7. The third-order valence-electron chi connectivity index (χ3n) is 3.50. The van der Waals surface area contributed by atoms with Crippen LogP contribution in [0.5, 0.6) is 0 Å². The molecule has 1 heterocycles. The van der Waals surface area contributed by atoms with Gasteiger partial charge in [0.25, 0.3) is 0 Å². The number of imidazole rings is 1. The number of nitrogens with one attached hydrogen (secondary N) is 1. The van der Waals surface area contributed by atoms with E-state index in [0.29, 0.717) is 17.7 Å². The lowest BCUT2D eigenvalue weighted by atomic mass is 10.1. The number of benzene rings is 1. The highest BCUT2D eigenvalue weighted by Gasteiger charge is 2.23. The Bertz CT molecular complexity index is 788. The first-order valence-corrected chi connectivity index (χ1v) is 8.92. The monoisotopic (exact) mass is 339 g/mol. The molecule has 23 heavy (non-hydrogen) atoms. The standard InChI is InChI=1S/C15H18FN3O3S/c1-11(23(2,21)22)15(20)18-8-12-3-4-14(16)13(7-12)9-19-6-5-17-10-19/h3-7,10-11H,8-9H2,1-2H3,(H,18,20)/t11-/m1/s1. The first-order chi connectivity index (χ1) is 10.8. The molecule has 0 saturated heterocycles. The normalized spacial score (nSPS) is 12.8. The van der Waals surface area contributed by atoms with Gasteiger partial charge in [-0.25, -0.2) is 17.8 Å². The van der Waals surface area contributed by atoms with Crippen molar-refractivity contribution in [1.29, 1.82) is 0 Å². The van der Waals surface area contributed by atoms with Crippen LogP contribution in [0.1, 0.15) is 18.1 Å². The minimum absolute atomic E-state index is 0.135. The highest BCUT2D eigenvalue weighted by atomic mass is 32.2. The van der Waals surface area contributed by atoms with Crippen LogP contribution in [-0.4, -0.2) is 35.4 Å². The van der Waals surface area contributed by atoms with Crippen molar-refractivity contribution in [2.45, 2.75) is 25.3 Å². The van der Waals surface area contributed by atoms with E-state index < -0.39 is 21.0 Å². The lowest BCUT2D eigenvalue weighted by molar-refractivity contribution is -0.120. The molecule has 0 aliphatic heterocycles. The molecule has 2 rings (SSSR count). The number of nitrogens with zero attached hydrogens (tertiary/aromatic N) is 2. The van der Waals surface area contributed by atoms with Crippen molar-refractivity contribution in [3.63, 3.8) is 0 Å².